The molecule has 6 rings (SSSR count). The van der Waals surface area contributed by atoms with Gasteiger partial charge in [-0.1, -0.05) is 0 Å². The zero-order chi connectivity index (χ0) is 31.9. The number of ketones is 2. The van der Waals surface area contributed by atoms with Crippen molar-refractivity contribution in [1.29, 1.82) is 0 Å². The maximum Gasteiger partial charge on any atom is 0.212 e. The number of benzene rings is 4. The monoisotopic (exact) mass is 606 g/mol. The molecule has 0 radical (unpaired) electrons. The van der Waals surface area contributed by atoms with E-state index >= 15 is 0 Å². The number of phenolic OH excluding ortho intramolecular Hbond substituents is 2. The molecule has 0 fully saturated rings. The van der Waals surface area contributed by atoms with Crippen molar-refractivity contribution >= 4 is 33.1 Å². The SMILES string of the molecule is COc1cc(OC)c2c(O)c3c(c(-c4c(OC)cc5cc6c(c(O)c5c4OC)C(=O)C[C@](C)(O)O6)c2c1)O[C@](C)(O)CC3=O. The summed E-state index contributed by atoms with van der Waals surface area (Å²) < 4.78 is 34.4. The molecule has 2 aliphatic rings. The molecule has 0 bridgehead atoms. The molecule has 0 aromatic heterocycles. The fourth-order valence-corrected chi connectivity index (χ4v) is 6.12. The second-order valence-electron chi connectivity index (χ2n) is 11.1. The van der Waals surface area contributed by atoms with Crippen LogP contribution in [0, 0.1) is 0 Å². The van der Waals surface area contributed by atoms with Crippen LogP contribution in [0.4, 0.5) is 0 Å². The van der Waals surface area contributed by atoms with Gasteiger partial charge in [0.05, 0.1) is 57.6 Å². The van der Waals surface area contributed by atoms with E-state index in [9.17, 15) is 30.0 Å². The number of hydrogen-bond acceptors (Lipinski definition) is 12. The van der Waals surface area contributed by atoms with Gasteiger partial charge in [0, 0.05) is 30.9 Å². The van der Waals surface area contributed by atoms with Crippen molar-refractivity contribution in [1.82, 2.24) is 0 Å². The molecule has 0 amide bonds. The average molecular weight is 607 g/mol. The Morgan fingerprint density at radius 1 is 0.682 bits per heavy atom. The van der Waals surface area contributed by atoms with Gasteiger partial charge in [0.15, 0.2) is 11.6 Å². The van der Waals surface area contributed by atoms with Crippen LogP contribution in [0.2, 0.25) is 0 Å². The van der Waals surface area contributed by atoms with Crippen LogP contribution in [0.3, 0.4) is 0 Å². The molecular weight excluding hydrogens is 576 g/mol. The number of aromatic hydroxyl groups is 2. The van der Waals surface area contributed by atoms with Gasteiger partial charge >= 0.3 is 0 Å². The first kappa shape index (κ1) is 29.1. The van der Waals surface area contributed by atoms with Crippen molar-refractivity contribution in [2.75, 3.05) is 28.4 Å². The van der Waals surface area contributed by atoms with E-state index in [1.54, 1.807) is 12.1 Å². The lowest BCUT2D eigenvalue weighted by molar-refractivity contribution is -0.124. The highest BCUT2D eigenvalue weighted by Gasteiger charge is 2.42. The number of aliphatic hydroxyl groups is 2. The molecule has 44 heavy (non-hydrogen) atoms. The Morgan fingerprint density at radius 2 is 1.30 bits per heavy atom. The van der Waals surface area contributed by atoms with Crippen LogP contribution in [0.5, 0.6) is 46.0 Å². The predicted octanol–water partition coefficient (Wildman–Crippen LogP) is 4.45. The van der Waals surface area contributed by atoms with Crippen LogP contribution in [0.25, 0.3) is 32.7 Å². The number of carbonyl (C=O) groups is 2. The molecule has 2 atom stereocenters. The number of rotatable bonds is 5. The summed E-state index contributed by atoms with van der Waals surface area (Å²) in [5.41, 5.74) is -0.0339. The van der Waals surface area contributed by atoms with Crippen LogP contribution in [0.1, 0.15) is 47.4 Å². The third-order valence-electron chi connectivity index (χ3n) is 7.87. The first-order chi connectivity index (χ1) is 20.8. The topological polar surface area (TPSA) is 170 Å². The van der Waals surface area contributed by atoms with E-state index in [0.29, 0.717) is 11.1 Å². The van der Waals surface area contributed by atoms with E-state index in [1.165, 1.54) is 54.4 Å². The molecule has 4 N–H and O–H groups in total. The van der Waals surface area contributed by atoms with Crippen molar-refractivity contribution in [3.63, 3.8) is 0 Å². The minimum absolute atomic E-state index is 0.0158. The molecule has 0 aliphatic carbocycles. The van der Waals surface area contributed by atoms with Crippen molar-refractivity contribution < 1.29 is 58.4 Å². The first-order valence-electron chi connectivity index (χ1n) is 13.5. The van der Waals surface area contributed by atoms with E-state index in [2.05, 4.69) is 0 Å². The van der Waals surface area contributed by atoms with Gasteiger partial charge < -0.3 is 48.8 Å². The minimum Gasteiger partial charge on any atom is -0.506 e. The zero-order valence-corrected chi connectivity index (χ0v) is 24.8. The first-order valence-corrected chi connectivity index (χ1v) is 13.5. The molecule has 0 saturated heterocycles. The fourth-order valence-electron chi connectivity index (χ4n) is 6.12. The van der Waals surface area contributed by atoms with Crippen LogP contribution < -0.4 is 28.4 Å². The van der Waals surface area contributed by atoms with Crippen LogP contribution in [-0.4, -0.2) is 72.0 Å². The van der Waals surface area contributed by atoms with Gasteiger partial charge in [-0.05, 0) is 23.6 Å². The number of carbonyl (C=O) groups excluding carboxylic acids is 2. The smallest absolute Gasteiger partial charge is 0.212 e. The normalized spacial score (nSPS) is 20.9. The Morgan fingerprint density at radius 3 is 1.91 bits per heavy atom. The summed E-state index contributed by atoms with van der Waals surface area (Å²) in [6.07, 6.45) is -0.840. The summed E-state index contributed by atoms with van der Waals surface area (Å²) in [6, 6.07) is 6.15. The Bertz CT molecular complexity index is 1920. The number of fused-ring (bicyclic) bond motifs is 4. The number of hydrogen-bond donors (Lipinski definition) is 4. The van der Waals surface area contributed by atoms with E-state index < -0.39 is 47.5 Å². The second-order valence-corrected chi connectivity index (χ2v) is 11.1. The second kappa shape index (κ2) is 9.79. The molecule has 0 spiro atoms. The molecule has 12 heteroatoms. The van der Waals surface area contributed by atoms with E-state index in [0.717, 1.165) is 0 Å². The lowest BCUT2D eigenvalue weighted by Crippen LogP contribution is -2.39. The lowest BCUT2D eigenvalue weighted by Gasteiger charge is -2.33. The quantitative estimate of drug-likeness (QED) is 0.252. The van der Waals surface area contributed by atoms with Crippen LogP contribution in [0.15, 0.2) is 24.3 Å². The maximum atomic E-state index is 13.5. The number of methoxy groups -OCH3 is 4. The largest absolute Gasteiger partial charge is 0.506 e. The Labute approximate surface area is 250 Å². The molecular formula is C32H30O12. The summed E-state index contributed by atoms with van der Waals surface area (Å²) in [7, 11) is 5.58. The van der Waals surface area contributed by atoms with Gasteiger partial charge in [-0.15, -0.1) is 0 Å². The molecule has 2 aliphatic heterocycles. The highest BCUT2D eigenvalue weighted by atomic mass is 16.6. The van der Waals surface area contributed by atoms with Crippen molar-refractivity contribution in [2.45, 2.75) is 38.3 Å². The highest BCUT2D eigenvalue weighted by Crippen LogP contribution is 2.58. The minimum atomic E-state index is -1.94. The number of Topliss-reactive ketones (excluding diaryl/α,β-unsaturated/α-hetero) is 2. The average Bonchev–Trinajstić information content (AvgIpc) is 2.94. The van der Waals surface area contributed by atoms with E-state index in [4.69, 9.17) is 28.4 Å². The Balaban J connectivity index is 1.84. The van der Waals surface area contributed by atoms with Gasteiger partial charge in [0.1, 0.15) is 57.1 Å². The molecule has 4 aromatic carbocycles. The third kappa shape index (κ3) is 4.20. The molecule has 0 saturated carbocycles. The molecule has 12 nitrogen and oxygen atoms in total. The lowest BCUT2D eigenvalue weighted by atomic mass is 9.85. The molecule has 2 heterocycles. The molecule has 0 unspecified atom stereocenters. The zero-order valence-electron chi connectivity index (χ0n) is 24.8. The van der Waals surface area contributed by atoms with Gasteiger partial charge in [-0.25, -0.2) is 0 Å². The van der Waals surface area contributed by atoms with E-state index in [1.807, 2.05) is 0 Å². The summed E-state index contributed by atoms with van der Waals surface area (Å²) in [5.74, 6) is -5.27. The maximum absolute atomic E-state index is 13.5. The van der Waals surface area contributed by atoms with Crippen LogP contribution >= 0.6 is 0 Å². The third-order valence-corrected chi connectivity index (χ3v) is 7.87. The summed E-state index contributed by atoms with van der Waals surface area (Å²) in [6.45, 7) is 2.66. The van der Waals surface area contributed by atoms with E-state index in [-0.39, 0.29) is 67.2 Å². The van der Waals surface area contributed by atoms with Gasteiger partial charge in [0.25, 0.3) is 0 Å². The molecule has 230 valence electrons. The summed E-state index contributed by atoms with van der Waals surface area (Å²) in [4.78, 5) is 26.5. The Hall–Kier alpha value is -4.94. The van der Waals surface area contributed by atoms with Crippen molar-refractivity contribution in [3.05, 3.63) is 35.4 Å². The summed E-state index contributed by atoms with van der Waals surface area (Å²) in [5, 5.41) is 45.3. The molecule has 4 aromatic rings. The fraction of sp³-hybridized carbons (Fsp3) is 0.312. The van der Waals surface area contributed by atoms with Crippen molar-refractivity contribution in [3.8, 4) is 57.1 Å². The number of phenols is 2. The van der Waals surface area contributed by atoms with Gasteiger partial charge in [-0.3, -0.25) is 9.59 Å². The van der Waals surface area contributed by atoms with Gasteiger partial charge in [-0.2, -0.15) is 0 Å². The Kier molecular flexibility index (Phi) is 6.49. The van der Waals surface area contributed by atoms with Gasteiger partial charge in [0.2, 0.25) is 11.6 Å². The highest BCUT2D eigenvalue weighted by molar-refractivity contribution is 6.19. The summed E-state index contributed by atoms with van der Waals surface area (Å²) >= 11 is 0. The number of ether oxygens (including phenoxy) is 6. The van der Waals surface area contributed by atoms with Crippen molar-refractivity contribution in [2.24, 2.45) is 0 Å². The van der Waals surface area contributed by atoms with Crippen LogP contribution in [-0.2, 0) is 0 Å². The standard InChI is InChI=1S/C32H30O12/c1-31(37)11-16(33)24-20(43-31)8-13-7-18(40-4)26(29(42-6)21(13)27(24)35)23-15-9-14(39-3)10-19(41-5)22(15)28(36)25-17(34)12-32(2,38)44-30(23)25/h7-10,35-38H,11-12H2,1-6H3/t31-,32+/m1/s1. The predicted molar refractivity (Wildman–Crippen MR) is 157 cm³/mol.